The van der Waals surface area contributed by atoms with Crippen LogP contribution in [0.15, 0.2) is 36.4 Å². The van der Waals surface area contributed by atoms with E-state index in [1.54, 1.807) is 37.3 Å². The number of rotatable bonds is 2. The van der Waals surface area contributed by atoms with Crippen molar-refractivity contribution in [2.45, 2.75) is 13.8 Å². The average Bonchev–Trinajstić information content (AvgIpc) is 2.45. The molecule has 114 valence electrons. The van der Waals surface area contributed by atoms with E-state index in [0.29, 0.717) is 22.1 Å². The van der Waals surface area contributed by atoms with E-state index >= 15 is 0 Å². The van der Waals surface area contributed by atoms with Gasteiger partial charge < -0.3 is 16.4 Å². The van der Waals surface area contributed by atoms with Crippen molar-refractivity contribution in [2.75, 3.05) is 16.4 Å². The SMILES string of the molecule is Cc1ccc(N)c(NC(=O)C(=O)Nc2ccc(Cl)cc2C)c1. The Morgan fingerprint density at radius 3 is 2.23 bits per heavy atom. The summed E-state index contributed by atoms with van der Waals surface area (Å²) in [6.07, 6.45) is 0. The van der Waals surface area contributed by atoms with Crippen molar-refractivity contribution in [1.29, 1.82) is 0 Å². The smallest absolute Gasteiger partial charge is 0.314 e. The summed E-state index contributed by atoms with van der Waals surface area (Å²) in [5.41, 5.74) is 8.80. The van der Waals surface area contributed by atoms with Gasteiger partial charge in [0.25, 0.3) is 0 Å². The Kier molecular flexibility index (Phi) is 4.68. The minimum Gasteiger partial charge on any atom is -0.397 e. The number of amides is 2. The molecule has 0 unspecified atom stereocenters. The predicted octanol–water partition coefficient (Wildman–Crippen LogP) is 3.12. The Balaban J connectivity index is 2.09. The molecule has 0 fully saturated rings. The van der Waals surface area contributed by atoms with E-state index in [1.807, 2.05) is 13.0 Å². The lowest BCUT2D eigenvalue weighted by atomic mass is 10.2. The first-order chi connectivity index (χ1) is 10.4. The Bertz CT molecular complexity index is 744. The molecule has 5 nitrogen and oxygen atoms in total. The highest BCUT2D eigenvalue weighted by molar-refractivity contribution is 6.44. The van der Waals surface area contributed by atoms with Crippen LogP contribution < -0.4 is 16.4 Å². The number of carbonyl (C=O) groups is 2. The molecule has 2 amide bonds. The Hall–Kier alpha value is -2.53. The fraction of sp³-hybridized carbons (Fsp3) is 0.125. The van der Waals surface area contributed by atoms with Gasteiger partial charge in [-0.1, -0.05) is 17.7 Å². The maximum absolute atomic E-state index is 12.0. The number of nitrogens with one attached hydrogen (secondary N) is 2. The standard InChI is InChI=1S/C16H16ClN3O2/c1-9-3-5-12(18)14(7-9)20-16(22)15(21)19-13-6-4-11(17)8-10(13)2/h3-8H,18H2,1-2H3,(H,19,21)(H,20,22). The number of aryl methyl sites for hydroxylation is 2. The van der Waals surface area contributed by atoms with E-state index in [9.17, 15) is 9.59 Å². The van der Waals surface area contributed by atoms with Gasteiger partial charge in [-0.2, -0.15) is 0 Å². The van der Waals surface area contributed by atoms with Crippen LogP contribution in [0.2, 0.25) is 5.02 Å². The van der Waals surface area contributed by atoms with E-state index < -0.39 is 11.8 Å². The molecule has 0 aliphatic heterocycles. The van der Waals surface area contributed by atoms with E-state index in [0.717, 1.165) is 11.1 Å². The van der Waals surface area contributed by atoms with Gasteiger partial charge >= 0.3 is 11.8 Å². The molecular formula is C16H16ClN3O2. The van der Waals surface area contributed by atoms with Gasteiger partial charge in [-0.25, -0.2) is 0 Å². The zero-order chi connectivity index (χ0) is 16.3. The summed E-state index contributed by atoms with van der Waals surface area (Å²) in [6, 6.07) is 10.2. The van der Waals surface area contributed by atoms with Crippen molar-refractivity contribution in [3.05, 3.63) is 52.5 Å². The molecule has 6 heteroatoms. The summed E-state index contributed by atoms with van der Waals surface area (Å²) in [5.74, 6) is -1.56. The Morgan fingerprint density at radius 2 is 1.59 bits per heavy atom. The van der Waals surface area contributed by atoms with Gasteiger partial charge in [0.15, 0.2) is 0 Å². The molecule has 0 bridgehead atoms. The average molecular weight is 318 g/mol. The molecule has 2 aromatic rings. The van der Waals surface area contributed by atoms with Gasteiger partial charge in [-0.05, 0) is 55.3 Å². The quantitative estimate of drug-likeness (QED) is 0.587. The molecule has 0 radical (unpaired) electrons. The third kappa shape index (κ3) is 3.77. The van der Waals surface area contributed by atoms with Gasteiger partial charge in [0, 0.05) is 10.7 Å². The molecule has 0 atom stereocenters. The zero-order valence-corrected chi connectivity index (χ0v) is 13.0. The van der Waals surface area contributed by atoms with Gasteiger partial charge in [-0.3, -0.25) is 9.59 Å². The van der Waals surface area contributed by atoms with Crippen LogP contribution in [-0.2, 0) is 9.59 Å². The summed E-state index contributed by atoms with van der Waals surface area (Å²) in [4.78, 5) is 23.9. The number of nitrogen functional groups attached to an aromatic ring is 1. The van der Waals surface area contributed by atoms with Crippen LogP contribution in [0.25, 0.3) is 0 Å². The molecule has 0 heterocycles. The molecule has 2 aromatic carbocycles. The molecule has 4 N–H and O–H groups in total. The maximum Gasteiger partial charge on any atom is 0.314 e. The zero-order valence-electron chi connectivity index (χ0n) is 12.2. The highest BCUT2D eigenvalue weighted by Gasteiger charge is 2.16. The fourth-order valence-electron chi connectivity index (χ4n) is 1.90. The molecule has 0 aliphatic rings. The summed E-state index contributed by atoms with van der Waals surface area (Å²) in [6.45, 7) is 3.66. The molecule has 0 saturated heterocycles. The predicted molar refractivity (Wildman–Crippen MR) is 89.0 cm³/mol. The molecule has 22 heavy (non-hydrogen) atoms. The second kappa shape index (κ2) is 6.49. The minimum atomic E-state index is -0.786. The lowest BCUT2D eigenvalue weighted by Gasteiger charge is -2.11. The number of benzene rings is 2. The first-order valence-electron chi connectivity index (χ1n) is 6.61. The van der Waals surface area contributed by atoms with Crippen LogP contribution in [0.3, 0.4) is 0 Å². The lowest BCUT2D eigenvalue weighted by molar-refractivity contribution is -0.132. The Labute approximate surface area is 133 Å². The van der Waals surface area contributed by atoms with Crippen molar-refractivity contribution < 1.29 is 9.59 Å². The fourth-order valence-corrected chi connectivity index (χ4v) is 2.13. The summed E-state index contributed by atoms with van der Waals surface area (Å²) in [5, 5.41) is 5.60. The number of carbonyl (C=O) groups excluding carboxylic acids is 2. The molecular weight excluding hydrogens is 302 g/mol. The summed E-state index contributed by atoms with van der Waals surface area (Å²) >= 11 is 5.85. The first-order valence-corrected chi connectivity index (χ1v) is 6.99. The van der Waals surface area contributed by atoms with Crippen molar-refractivity contribution >= 4 is 40.5 Å². The lowest BCUT2D eigenvalue weighted by Crippen LogP contribution is -2.29. The highest BCUT2D eigenvalue weighted by atomic mass is 35.5. The number of hydrogen-bond donors (Lipinski definition) is 3. The van der Waals surface area contributed by atoms with Crippen molar-refractivity contribution in [2.24, 2.45) is 0 Å². The molecule has 2 rings (SSSR count). The van der Waals surface area contributed by atoms with Crippen molar-refractivity contribution in [3.63, 3.8) is 0 Å². The maximum atomic E-state index is 12.0. The monoisotopic (exact) mass is 317 g/mol. The van der Waals surface area contributed by atoms with E-state index in [4.69, 9.17) is 17.3 Å². The number of anilines is 3. The topological polar surface area (TPSA) is 84.2 Å². The van der Waals surface area contributed by atoms with Gasteiger partial charge in [0.2, 0.25) is 0 Å². The van der Waals surface area contributed by atoms with Gasteiger partial charge in [0.1, 0.15) is 0 Å². The van der Waals surface area contributed by atoms with E-state index in [-0.39, 0.29) is 0 Å². The largest absolute Gasteiger partial charge is 0.397 e. The second-order valence-electron chi connectivity index (χ2n) is 4.96. The Morgan fingerprint density at radius 1 is 0.955 bits per heavy atom. The summed E-state index contributed by atoms with van der Waals surface area (Å²) < 4.78 is 0. The molecule has 0 aromatic heterocycles. The second-order valence-corrected chi connectivity index (χ2v) is 5.39. The van der Waals surface area contributed by atoms with Crippen molar-refractivity contribution in [3.8, 4) is 0 Å². The number of hydrogen-bond acceptors (Lipinski definition) is 3. The molecule has 0 aliphatic carbocycles. The highest BCUT2D eigenvalue weighted by Crippen LogP contribution is 2.21. The molecule has 0 spiro atoms. The van der Waals surface area contributed by atoms with Crippen LogP contribution >= 0.6 is 11.6 Å². The van der Waals surface area contributed by atoms with E-state index in [1.165, 1.54) is 0 Å². The van der Waals surface area contributed by atoms with Crippen LogP contribution in [0, 0.1) is 13.8 Å². The van der Waals surface area contributed by atoms with Gasteiger partial charge in [0.05, 0.1) is 11.4 Å². The van der Waals surface area contributed by atoms with Gasteiger partial charge in [-0.15, -0.1) is 0 Å². The minimum absolute atomic E-state index is 0.398. The number of halogens is 1. The third-order valence-corrected chi connectivity index (χ3v) is 3.33. The van der Waals surface area contributed by atoms with Crippen LogP contribution in [0.1, 0.15) is 11.1 Å². The van der Waals surface area contributed by atoms with Crippen LogP contribution in [-0.4, -0.2) is 11.8 Å². The van der Waals surface area contributed by atoms with E-state index in [2.05, 4.69) is 10.6 Å². The summed E-state index contributed by atoms with van der Waals surface area (Å²) in [7, 11) is 0. The number of nitrogens with two attached hydrogens (primary N) is 1. The van der Waals surface area contributed by atoms with Crippen LogP contribution in [0.5, 0.6) is 0 Å². The van der Waals surface area contributed by atoms with Crippen molar-refractivity contribution in [1.82, 2.24) is 0 Å². The van der Waals surface area contributed by atoms with Crippen LogP contribution in [0.4, 0.5) is 17.1 Å². The normalized spacial score (nSPS) is 10.1. The molecule has 0 saturated carbocycles. The first kappa shape index (κ1) is 15.9. The third-order valence-electron chi connectivity index (χ3n) is 3.10.